The third kappa shape index (κ3) is 41.3. The van der Waals surface area contributed by atoms with Crippen LogP contribution in [0.5, 0.6) is 23.0 Å². The lowest BCUT2D eigenvalue weighted by Crippen LogP contribution is -2.38. The molecule has 149 heavy (non-hydrogen) atoms. The van der Waals surface area contributed by atoms with E-state index in [4.69, 9.17) is 77.5 Å². The van der Waals surface area contributed by atoms with E-state index in [0.29, 0.717) is 90.6 Å². The maximum Gasteiger partial charge on any atom is 0.289 e. The quantitative estimate of drug-likeness (QED) is 0.00325. The van der Waals surface area contributed by atoms with Gasteiger partial charge < -0.3 is 95.7 Å². The summed E-state index contributed by atoms with van der Waals surface area (Å²) >= 11 is 22.7. The van der Waals surface area contributed by atoms with Crippen molar-refractivity contribution in [2.24, 2.45) is 34.6 Å². The number of nitriles is 1. The summed E-state index contributed by atoms with van der Waals surface area (Å²) in [5.41, 5.74) is 6.18. The zero-order chi connectivity index (χ0) is 105. The Kier molecular flexibility index (Phi) is 51.6. The van der Waals surface area contributed by atoms with Crippen LogP contribution in [0.3, 0.4) is 0 Å². The van der Waals surface area contributed by atoms with Gasteiger partial charge in [-0.25, -0.2) is 4.99 Å². The molecule has 792 valence electrons. The van der Waals surface area contributed by atoms with Gasteiger partial charge in [0.15, 0.2) is 32.4 Å². The molecule has 32 nitrogen and oxygen atoms in total. The number of carbonyl (C=O) groups is 5. The number of aliphatic imine (C=N–C) groups is 1. The van der Waals surface area contributed by atoms with Crippen molar-refractivity contribution in [1.29, 1.82) is 5.26 Å². The van der Waals surface area contributed by atoms with Crippen LogP contribution in [0.4, 0.5) is 28.4 Å². The molecular formula is C112H144N22O10S5. The van der Waals surface area contributed by atoms with Gasteiger partial charge in [-0.2, -0.15) is 5.26 Å². The van der Waals surface area contributed by atoms with E-state index in [1.165, 1.54) is 56.3 Å². The number of thiocarbonyl (C=S) groups is 4. The number of unbranched alkanes of at least 4 members (excludes halogenated alkanes) is 4. The summed E-state index contributed by atoms with van der Waals surface area (Å²) < 4.78 is 26.8. The number of pyridine rings is 5. The van der Waals surface area contributed by atoms with E-state index in [1.54, 1.807) is 145 Å². The Hall–Kier alpha value is -13.8. The molecule has 0 unspecified atom stereocenters. The number of allylic oxidation sites excluding steroid dienone is 1. The molecule has 5 aliphatic rings. The van der Waals surface area contributed by atoms with Crippen molar-refractivity contribution in [3.63, 3.8) is 0 Å². The van der Waals surface area contributed by atoms with Crippen LogP contribution in [0.25, 0.3) is 0 Å². The van der Waals surface area contributed by atoms with Crippen LogP contribution in [-0.4, -0.2) is 232 Å². The van der Waals surface area contributed by atoms with Crippen LogP contribution in [0, 0.1) is 41.0 Å². The van der Waals surface area contributed by atoms with Crippen LogP contribution in [0.15, 0.2) is 247 Å². The van der Waals surface area contributed by atoms with Crippen molar-refractivity contribution >= 4 is 145 Å². The monoisotopic (exact) mass is 2120 g/mol. The first-order valence-corrected chi connectivity index (χ1v) is 54.3. The highest BCUT2D eigenvalue weighted by Gasteiger charge is 2.32. The molecule has 7 aromatic heterocycles. The zero-order valence-electron chi connectivity index (χ0n) is 86.0. The molecule has 3 aromatic carbocycles. The predicted molar refractivity (Wildman–Crippen MR) is 608 cm³/mol. The summed E-state index contributed by atoms with van der Waals surface area (Å²) in [6.07, 6.45) is 51.3. The first-order chi connectivity index (χ1) is 72.9. The Balaban J connectivity index is 0.000000177. The number of furan rings is 1. The minimum absolute atomic E-state index is 0.0114. The standard InChI is InChI=1S/C26H32N6O3.C24H32N4O3S.C22H28N4OS.C20H26N4O2S.C20H26N4OS2/c1-34-22-8-6-9-23(35-2)24(22)25(33)32-17-12-20(13-18-32)7-4-3-5-14-29-26(30-19-27)31-21-10-15-28-16-11-21;1-30-20-9-5-10-21(31-2)22(20)23(29)28-15-11-18(12-16-28)7-3-4-14-26-24(32)27-19-8-6-13-25-17-19;27-21(19-8-2-1-3-9-19)26-15-11-18(12-16-26)7-4-5-14-24-22(28)25-20-10-6-13-23-17-20;25-19(18-7-4-14-26-18)24-12-8-16(9-13-24)5-1-2-11-22-20(27)23-17-6-3-10-21-15-17;25-19(18-7-4-14-27-18)24-12-8-16(9-13-24)5-1-2-11-22-20(26)23-17-6-3-10-21-15-17/h3,5-6,8-11,15-16,20H,4,7,12-14,17-18H2,1-2H3,(H2,28,29,30,31);5-6,8-10,13,17-18H,3-4,7,11-12,14-16H2,1-2H3,(H2,26,27,32);1-3,6,8-10,13,17-18H,4-5,7,11-12,14-16H2,(H2,24,25,28);3-4,6-7,10,14-16H,1-2,5,8-9,11-13H2,(H2,22,23,27);3-4,6-7,10,14-16H,1-2,5,8-9,11-13H2,(H2,22,23,26)/b5-3+;;;;. The Morgan fingerprint density at radius 1 is 0.383 bits per heavy atom. The molecule has 5 fully saturated rings. The van der Waals surface area contributed by atoms with Crippen molar-refractivity contribution in [2.75, 3.05) is 153 Å². The number of benzene rings is 3. The summed E-state index contributed by atoms with van der Waals surface area (Å²) in [6, 6.07) is 46.6. The zero-order valence-corrected chi connectivity index (χ0v) is 90.1. The fraction of sp³-hybridized carbons (Fsp3) is 0.429. The number of nitrogens with zero attached hydrogens (tertiary/aromatic N) is 12. The van der Waals surface area contributed by atoms with E-state index in [2.05, 4.69) is 89.2 Å². The second-order valence-corrected chi connectivity index (χ2v) is 39.5. The maximum absolute atomic E-state index is 13.1. The molecule has 0 saturated carbocycles. The minimum atomic E-state index is -0.0438. The molecule has 15 rings (SSSR count). The molecule has 0 radical (unpaired) electrons. The molecule has 0 spiro atoms. The number of ether oxygens (including phenoxy) is 4. The van der Waals surface area contributed by atoms with Gasteiger partial charge in [-0.15, -0.1) is 11.3 Å². The molecule has 12 heterocycles. The fourth-order valence-electron chi connectivity index (χ4n) is 18.3. The largest absolute Gasteiger partial charge is 0.496 e. The van der Waals surface area contributed by atoms with Gasteiger partial charge >= 0.3 is 0 Å². The number of nitrogens with one attached hydrogen (secondary N) is 10. The first-order valence-electron chi connectivity index (χ1n) is 51.8. The van der Waals surface area contributed by atoms with Gasteiger partial charge in [0.2, 0.25) is 5.96 Å². The van der Waals surface area contributed by atoms with Crippen LogP contribution >= 0.6 is 60.2 Å². The highest BCUT2D eigenvalue weighted by molar-refractivity contribution is 7.81. The third-order valence-electron chi connectivity index (χ3n) is 26.6. The molecule has 10 aromatic rings. The van der Waals surface area contributed by atoms with E-state index < -0.39 is 0 Å². The molecule has 10 N–H and O–H groups in total. The van der Waals surface area contributed by atoms with E-state index >= 15 is 0 Å². The van der Waals surface area contributed by atoms with E-state index in [-0.39, 0.29) is 29.5 Å². The highest BCUT2D eigenvalue weighted by Crippen LogP contribution is 2.36. The number of amides is 5. The number of piperidine rings is 5. The van der Waals surface area contributed by atoms with Crippen LogP contribution in [0.1, 0.15) is 205 Å². The van der Waals surface area contributed by atoms with E-state index in [1.807, 2.05) is 145 Å². The topological polar surface area (TPSA) is 373 Å². The molecular weight excluding hydrogens is 1970 g/mol. The summed E-state index contributed by atoms with van der Waals surface area (Å²) in [7, 11) is 6.28. The van der Waals surface area contributed by atoms with Gasteiger partial charge in [-0.3, -0.25) is 54.2 Å². The number of aromatic nitrogens is 5. The Morgan fingerprint density at radius 3 is 1.08 bits per heavy atom. The van der Waals surface area contributed by atoms with Gasteiger partial charge in [0.05, 0.1) is 93.7 Å². The van der Waals surface area contributed by atoms with Crippen LogP contribution in [0.2, 0.25) is 0 Å². The SMILES string of the molecule is COc1cccc(OC)c1C(=O)N1CCC(CC/C=C/CN=C(NC#N)Nc2ccncc2)CC1.COc1cccc(OC)c1C(=O)N1CCC(CCCCNC(=S)Nc2cccnc2)CC1.O=C(c1ccccc1)N1CCC(CCCCNC(=S)Nc2cccnc2)CC1.O=C(c1ccco1)N1CCC(CCCCNC(=S)Nc2cccnc2)CC1.O=C(c1cccs1)N1CCC(CCCCNC(=S)Nc2cccnc2)CC1. The van der Waals surface area contributed by atoms with E-state index in [0.717, 1.165) is 251 Å². The van der Waals surface area contributed by atoms with Crippen LogP contribution in [-0.2, 0) is 0 Å². The molecule has 5 saturated heterocycles. The number of rotatable bonds is 39. The summed E-state index contributed by atoms with van der Waals surface area (Å²) in [4.78, 5) is 98.5. The Labute approximate surface area is 902 Å². The van der Waals surface area contributed by atoms with Crippen LogP contribution < -0.4 is 72.1 Å². The smallest absolute Gasteiger partial charge is 0.289 e. The van der Waals surface area contributed by atoms with Gasteiger partial charge in [-0.1, -0.05) is 99.9 Å². The molecule has 0 atom stereocenters. The average Bonchev–Trinajstić information content (AvgIpc) is 1.61. The van der Waals surface area contributed by atoms with Crippen molar-refractivity contribution in [2.45, 2.75) is 154 Å². The number of guanidine groups is 1. The number of hydrogen-bond acceptors (Lipinski definition) is 22. The molecule has 5 aliphatic heterocycles. The fourth-order valence-corrected chi connectivity index (χ4v) is 19.9. The lowest BCUT2D eigenvalue weighted by atomic mass is 9.91. The lowest BCUT2D eigenvalue weighted by Gasteiger charge is -2.32. The predicted octanol–water partition coefficient (Wildman–Crippen LogP) is 19.9. The third-order valence-corrected chi connectivity index (χ3v) is 28.5. The summed E-state index contributed by atoms with van der Waals surface area (Å²) in [5.74, 6) is 6.72. The van der Waals surface area contributed by atoms with Gasteiger partial charge in [-0.05, 0) is 302 Å². The van der Waals surface area contributed by atoms with Gasteiger partial charge in [0.1, 0.15) is 34.1 Å². The second kappa shape index (κ2) is 66.5. The maximum atomic E-state index is 13.1. The van der Waals surface area contributed by atoms with Gasteiger partial charge in [0.25, 0.3) is 29.5 Å². The van der Waals surface area contributed by atoms with Gasteiger partial charge in [0, 0.05) is 140 Å². The molecule has 0 bridgehead atoms. The minimum Gasteiger partial charge on any atom is -0.496 e. The second-order valence-electron chi connectivity index (χ2n) is 36.9. The first kappa shape index (κ1) is 115. The summed E-state index contributed by atoms with van der Waals surface area (Å²) in [5, 5.41) is 44.5. The van der Waals surface area contributed by atoms with Crippen molar-refractivity contribution < 1.29 is 47.3 Å². The Morgan fingerprint density at radius 2 is 0.745 bits per heavy atom. The number of likely N-dealkylation sites (tertiary alicyclic amines) is 5. The Bertz CT molecular complexity index is 5570. The number of methoxy groups -OCH3 is 4. The van der Waals surface area contributed by atoms with Crippen molar-refractivity contribution in [3.8, 4) is 29.2 Å². The molecule has 37 heteroatoms. The van der Waals surface area contributed by atoms with Crippen molar-refractivity contribution in [3.05, 3.63) is 265 Å². The average molecular weight is 2120 g/mol. The number of carbonyl (C=O) groups excluding carboxylic acids is 5. The van der Waals surface area contributed by atoms with E-state index in [9.17, 15) is 24.0 Å². The number of hydrogen-bond donors (Lipinski definition) is 10. The number of thiophene rings is 1. The summed E-state index contributed by atoms with van der Waals surface area (Å²) in [6.45, 7) is 12.1. The highest BCUT2D eigenvalue weighted by atomic mass is 32.1. The molecule has 5 amide bonds. The molecule has 0 aliphatic carbocycles. The normalized spacial score (nSPS) is 14.5. The van der Waals surface area contributed by atoms with Crippen molar-refractivity contribution in [1.82, 2.24) is 76.0 Å². The lowest BCUT2D eigenvalue weighted by molar-refractivity contribution is 0.0650. The number of anilines is 5.